The van der Waals surface area contributed by atoms with E-state index < -0.39 is 0 Å². The zero-order valence-electron chi connectivity index (χ0n) is 10.9. The third-order valence-electron chi connectivity index (χ3n) is 3.64. The van der Waals surface area contributed by atoms with Gasteiger partial charge in [-0.3, -0.25) is 4.79 Å². The largest absolute Gasteiger partial charge is 0.354 e. The summed E-state index contributed by atoms with van der Waals surface area (Å²) >= 11 is 3.47. The van der Waals surface area contributed by atoms with Gasteiger partial charge in [0.1, 0.15) is 12.7 Å². The Morgan fingerprint density at radius 2 is 2.20 bits per heavy atom. The molecule has 1 aromatic heterocycles. The number of carbonyl (C=O) groups excluding carboxylic acids is 1. The van der Waals surface area contributed by atoms with E-state index in [2.05, 4.69) is 43.6 Å². The predicted octanol–water partition coefficient (Wildman–Crippen LogP) is 1.89. The number of nitrogens with zero attached hydrogens (tertiary/aromatic N) is 3. The van der Waals surface area contributed by atoms with Crippen molar-refractivity contribution in [1.82, 2.24) is 20.1 Å². The fraction of sp³-hybridized carbons (Fsp3) is 0.357. The van der Waals surface area contributed by atoms with Crippen LogP contribution in [-0.4, -0.2) is 27.2 Å². The van der Waals surface area contributed by atoms with Crippen LogP contribution in [-0.2, 0) is 17.8 Å². The molecule has 0 saturated heterocycles. The van der Waals surface area contributed by atoms with Crippen LogP contribution in [0.4, 0.5) is 0 Å². The van der Waals surface area contributed by atoms with E-state index in [1.807, 2.05) is 10.6 Å². The minimum Gasteiger partial charge on any atom is -0.354 e. The fourth-order valence-corrected chi connectivity index (χ4v) is 3.04. The van der Waals surface area contributed by atoms with Crippen molar-refractivity contribution in [2.45, 2.75) is 25.3 Å². The zero-order valence-corrected chi connectivity index (χ0v) is 12.5. The highest BCUT2D eigenvalue weighted by molar-refractivity contribution is 9.10. The van der Waals surface area contributed by atoms with Gasteiger partial charge in [-0.05, 0) is 36.1 Å². The number of fused-ring (bicyclic) bond motifs is 1. The average molecular weight is 335 g/mol. The standard InChI is InChI=1S/C14H15BrN4O/c15-11-2-4-12-10(7-11)1-3-13(12)14(20)16-5-6-19-8-17-18-9-19/h2,4,7-9,13H,1,3,5-6H2,(H,16,20). The van der Waals surface area contributed by atoms with Crippen molar-refractivity contribution >= 4 is 21.8 Å². The molecule has 1 atom stereocenters. The summed E-state index contributed by atoms with van der Waals surface area (Å²) in [4.78, 5) is 12.3. The van der Waals surface area contributed by atoms with E-state index in [-0.39, 0.29) is 11.8 Å². The molecule has 1 amide bonds. The first-order valence-electron chi connectivity index (χ1n) is 6.62. The van der Waals surface area contributed by atoms with E-state index in [4.69, 9.17) is 0 Å². The normalized spacial score (nSPS) is 16.9. The van der Waals surface area contributed by atoms with Crippen molar-refractivity contribution in [3.8, 4) is 0 Å². The molecular weight excluding hydrogens is 320 g/mol. The van der Waals surface area contributed by atoms with Gasteiger partial charge in [-0.2, -0.15) is 0 Å². The molecule has 104 valence electrons. The third-order valence-corrected chi connectivity index (χ3v) is 4.13. The molecule has 20 heavy (non-hydrogen) atoms. The quantitative estimate of drug-likeness (QED) is 0.928. The van der Waals surface area contributed by atoms with Crippen LogP contribution in [0, 0.1) is 0 Å². The minimum absolute atomic E-state index is 0.0148. The first-order chi connectivity index (χ1) is 9.74. The van der Waals surface area contributed by atoms with Crippen molar-refractivity contribution in [2.24, 2.45) is 0 Å². The Balaban J connectivity index is 1.59. The maximum absolute atomic E-state index is 12.3. The number of aromatic nitrogens is 3. The van der Waals surface area contributed by atoms with Crippen LogP contribution in [0.25, 0.3) is 0 Å². The maximum Gasteiger partial charge on any atom is 0.227 e. The molecule has 3 rings (SSSR count). The molecule has 5 nitrogen and oxygen atoms in total. The Bertz CT molecular complexity index is 612. The lowest BCUT2D eigenvalue weighted by molar-refractivity contribution is -0.122. The molecule has 0 fully saturated rings. The topological polar surface area (TPSA) is 59.8 Å². The number of hydrogen-bond acceptors (Lipinski definition) is 3. The molecule has 0 radical (unpaired) electrons. The van der Waals surface area contributed by atoms with Gasteiger partial charge in [0.25, 0.3) is 0 Å². The van der Waals surface area contributed by atoms with Gasteiger partial charge in [-0.1, -0.05) is 22.0 Å². The summed E-state index contributed by atoms with van der Waals surface area (Å²) in [7, 11) is 0. The molecule has 1 aliphatic carbocycles. The van der Waals surface area contributed by atoms with Crippen LogP contribution in [0.2, 0.25) is 0 Å². The number of amides is 1. The van der Waals surface area contributed by atoms with Gasteiger partial charge >= 0.3 is 0 Å². The molecule has 1 unspecified atom stereocenters. The van der Waals surface area contributed by atoms with E-state index in [9.17, 15) is 4.79 Å². The van der Waals surface area contributed by atoms with Gasteiger partial charge in [0.2, 0.25) is 5.91 Å². The molecule has 0 aliphatic heterocycles. The second-order valence-corrected chi connectivity index (χ2v) is 5.84. The average Bonchev–Trinajstić information content (AvgIpc) is 3.07. The summed E-state index contributed by atoms with van der Waals surface area (Å²) in [5, 5.41) is 10.5. The highest BCUT2D eigenvalue weighted by Crippen LogP contribution is 2.34. The van der Waals surface area contributed by atoms with Crippen molar-refractivity contribution in [1.29, 1.82) is 0 Å². The molecule has 2 aromatic rings. The van der Waals surface area contributed by atoms with E-state index >= 15 is 0 Å². The smallest absolute Gasteiger partial charge is 0.227 e. The Morgan fingerprint density at radius 1 is 1.40 bits per heavy atom. The van der Waals surface area contributed by atoms with Crippen LogP contribution in [0.15, 0.2) is 35.3 Å². The Labute approximate surface area is 125 Å². The van der Waals surface area contributed by atoms with Crippen molar-refractivity contribution < 1.29 is 4.79 Å². The number of nitrogens with one attached hydrogen (secondary N) is 1. The molecule has 1 aromatic carbocycles. The van der Waals surface area contributed by atoms with E-state index in [0.717, 1.165) is 22.9 Å². The van der Waals surface area contributed by atoms with Gasteiger partial charge in [0, 0.05) is 17.6 Å². The summed E-state index contributed by atoms with van der Waals surface area (Å²) in [6.45, 7) is 1.29. The van der Waals surface area contributed by atoms with E-state index in [1.165, 1.54) is 5.56 Å². The summed E-state index contributed by atoms with van der Waals surface area (Å²) in [6.07, 6.45) is 5.16. The minimum atomic E-state index is -0.0148. The molecule has 0 saturated carbocycles. The van der Waals surface area contributed by atoms with Gasteiger partial charge in [0.15, 0.2) is 0 Å². The summed E-state index contributed by atoms with van der Waals surface area (Å²) < 4.78 is 2.92. The predicted molar refractivity (Wildman–Crippen MR) is 78.2 cm³/mol. The molecule has 1 aliphatic rings. The lowest BCUT2D eigenvalue weighted by Crippen LogP contribution is -2.31. The first kappa shape index (κ1) is 13.3. The number of hydrogen-bond donors (Lipinski definition) is 1. The second-order valence-electron chi connectivity index (χ2n) is 4.93. The summed E-state index contributed by atoms with van der Waals surface area (Å²) in [5.74, 6) is 0.0955. The van der Waals surface area contributed by atoms with Gasteiger partial charge in [-0.15, -0.1) is 10.2 Å². The van der Waals surface area contributed by atoms with Crippen molar-refractivity contribution in [3.63, 3.8) is 0 Å². The maximum atomic E-state index is 12.3. The number of rotatable bonds is 4. The van der Waals surface area contributed by atoms with Crippen LogP contribution < -0.4 is 5.32 Å². The Morgan fingerprint density at radius 3 is 3.00 bits per heavy atom. The number of halogens is 1. The van der Waals surface area contributed by atoms with Crippen molar-refractivity contribution in [2.75, 3.05) is 6.54 Å². The van der Waals surface area contributed by atoms with E-state index in [0.29, 0.717) is 13.1 Å². The highest BCUT2D eigenvalue weighted by Gasteiger charge is 2.28. The molecule has 6 heteroatoms. The van der Waals surface area contributed by atoms with Gasteiger partial charge < -0.3 is 9.88 Å². The van der Waals surface area contributed by atoms with E-state index in [1.54, 1.807) is 12.7 Å². The SMILES string of the molecule is O=C(NCCn1cnnc1)C1CCc2cc(Br)ccc21. The van der Waals surface area contributed by atoms with Gasteiger partial charge in [-0.25, -0.2) is 0 Å². The van der Waals surface area contributed by atoms with Crippen molar-refractivity contribution in [3.05, 3.63) is 46.5 Å². The molecular formula is C14H15BrN4O. The van der Waals surface area contributed by atoms with Crippen LogP contribution in [0.1, 0.15) is 23.5 Å². The number of aryl methyl sites for hydroxylation is 1. The number of benzene rings is 1. The molecule has 1 N–H and O–H groups in total. The Kier molecular flexibility index (Phi) is 3.82. The summed E-state index contributed by atoms with van der Waals surface area (Å²) in [6, 6.07) is 6.16. The highest BCUT2D eigenvalue weighted by atomic mass is 79.9. The fourth-order valence-electron chi connectivity index (χ4n) is 2.63. The van der Waals surface area contributed by atoms with Gasteiger partial charge in [0.05, 0.1) is 5.92 Å². The van der Waals surface area contributed by atoms with Crippen LogP contribution in [0.5, 0.6) is 0 Å². The third kappa shape index (κ3) is 2.75. The number of carbonyl (C=O) groups is 1. The first-order valence-corrected chi connectivity index (χ1v) is 7.42. The second kappa shape index (κ2) is 5.75. The Hall–Kier alpha value is -1.69. The monoisotopic (exact) mass is 334 g/mol. The summed E-state index contributed by atoms with van der Waals surface area (Å²) in [5.41, 5.74) is 2.44. The van der Waals surface area contributed by atoms with Crippen LogP contribution >= 0.6 is 15.9 Å². The zero-order chi connectivity index (χ0) is 13.9. The lowest BCUT2D eigenvalue weighted by atomic mass is 10.0. The molecule has 0 spiro atoms. The lowest BCUT2D eigenvalue weighted by Gasteiger charge is -2.12. The molecule has 1 heterocycles. The van der Waals surface area contributed by atoms with Crippen LogP contribution in [0.3, 0.4) is 0 Å². The molecule has 0 bridgehead atoms.